The van der Waals surface area contributed by atoms with Gasteiger partial charge in [0.25, 0.3) is 5.56 Å². The molecule has 7 nitrogen and oxygen atoms in total. The smallest absolute Gasteiger partial charge is 0.353 e. The zero-order valence-corrected chi connectivity index (χ0v) is 19.6. The van der Waals surface area contributed by atoms with E-state index in [4.69, 9.17) is 0 Å². The number of aryl methyl sites for hydroxylation is 1. The van der Waals surface area contributed by atoms with Crippen LogP contribution in [0, 0.1) is 0 Å². The van der Waals surface area contributed by atoms with Crippen molar-refractivity contribution in [3.63, 3.8) is 0 Å². The van der Waals surface area contributed by atoms with E-state index < -0.39 is 17.3 Å². The Labute approximate surface area is 200 Å². The Morgan fingerprint density at radius 1 is 1.23 bits per heavy atom. The van der Waals surface area contributed by atoms with Crippen molar-refractivity contribution < 1.29 is 13.2 Å². The number of hydrogen-bond acceptors (Lipinski definition) is 4. The summed E-state index contributed by atoms with van der Waals surface area (Å²) in [5.74, 6) is 0.813. The first-order valence-electron chi connectivity index (χ1n) is 11.7. The van der Waals surface area contributed by atoms with Gasteiger partial charge >= 0.3 is 6.18 Å². The lowest BCUT2D eigenvalue weighted by Crippen LogP contribution is -2.38. The van der Waals surface area contributed by atoms with Crippen molar-refractivity contribution in [1.29, 1.82) is 0 Å². The lowest BCUT2D eigenvalue weighted by molar-refractivity contribution is -0.136. The lowest BCUT2D eigenvalue weighted by Gasteiger charge is -2.41. The highest BCUT2D eigenvalue weighted by Gasteiger charge is 2.44. The van der Waals surface area contributed by atoms with Crippen molar-refractivity contribution >= 4 is 10.9 Å². The van der Waals surface area contributed by atoms with Crippen LogP contribution in [0.1, 0.15) is 55.3 Å². The summed E-state index contributed by atoms with van der Waals surface area (Å²) in [6, 6.07) is 8.60. The number of benzene rings is 1. The summed E-state index contributed by atoms with van der Waals surface area (Å²) in [5, 5.41) is 11.4. The average Bonchev–Trinajstić information content (AvgIpc) is 3.40. The Morgan fingerprint density at radius 2 is 2.03 bits per heavy atom. The molecule has 0 spiro atoms. The van der Waals surface area contributed by atoms with E-state index >= 15 is 0 Å². The number of hydrogen-bond donors (Lipinski definition) is 2. The molecule has 3 aromatic heterocycles. The van der Waals surface area contributed by atoms with Gasteiger partial charge in [0.2, 0.25) is 0 Å². The van der Waals surface area contributed by atoms with Crippen LogP contribution in [0.2, 0.25) is 0 Å². The van der Waals surface area contributed by atoms with E-state index in [2.05, 4.69) is 20.5 Å². The first-order valence-corrected chi connectivity index (χ1v) is 11.7. The second-order valence-electron chi connectivity index (χ2n) is 9.23. The average molecular weight is 485 g/mol. The number of H-pyrrole nitrogens is 1. The fourth-order valence-corrected chi connectivity index (χ4v) is 5.02. The van der Waals surface area contributed by atoms with Crippen LogP contribution >= 0.6 is 0 Å². The summed E-state index contributed by atoms with van der Waals surface area (Å²) < 4.78 is 45.2. The molecule has 10 heteroatoms. The molecular formula is C25H27F3N6O. The lowest BCUT2D eigenvalue weighted by atomic mass is 9.63. The van der Waals surface area contributed by atoms with Crippen LogP contribution in [0.3, 0.4) is 0 Å². The third-order valence-electron chi connectivity index (χ3n) is 6.93. The molecule has 3 heterocycles. The number of nitrogens with zero attached hydrogens (tertiary/aromatic N) is 4. The van der Waals surface area contributed by atoms with Gasteiger partial charge < -0.3 is 14.9 Å². The van der Waals surface area contributed by atoms with Gasteiger partial charge in [-0.05, 0) is 49.6 Å². The number of nitrogens with one attached hydrogen (secondary N) is 2. The van der Waals surface area contributed by atoms with Gasteiger partial charge in [-0.25, -0.2) is 0 Å². The molecule has 1 aliphatic carbocycles. The van der Waals surface area contributed by atoms with Gasteiger partial charge in [0.05, 0.1) is 11.0 Å². The maximum Gasteiger partial charge on any atom is 0.418 e. The number of rotatable bonds is 7. The molecule has 0 unspecified atom stereocenters. The van der Waals surface area contributed by atoms with Crippen molar-refractivity contribution in [2.75, 3.05) is 6.54 Å². The van der Waals surface area contributed by atoms with Gasteiger partial charge in [0, 0.05) is 36.6 Å². The molecule has 2 N–H and O–H groups in total. The van der Waals surface area contributed by atoms with E-state index in [0.717, 1.165) is 54.4 Å². The SMILES string of the molecule is CCCNCc1cc2c(C(F)(F)F)cn(-c3cccc(C4(c5nncn5C)CCC4)c3)c(=O)c2[nH]1. The van der Waals surface area contributed by atoms with Crippen LogP contribution < -0.4 is 10.9 Å². The fraction of sp³-hybridized carbons (Fsp3) is 0.400. The Bertz CT molecular complexity index is 1430. The van der Waals surface area contributed by atoms with E-state index in [9.17, 15) is 18.0 Å². The third-order valence-corrected chi connectivity index (χ3v) is 6.93. The molecule has 4 aromatic rings. The maximum atomic E-state index is 14.1. The highest BCUT2D eigenvalue weighted by atomic mass is 19.4. The van der Waals surface area contributed by atoms with E-state index in [-0.39, 0.29) is 16.3 Å². The molecule has 0 amide bonds. The van der Waals surface area contributed by atoms with Crippen molar-refractivity contribution in [2.24, 2.45) is 7.05 Å². The fourth-order valence-electron chi connectivity index (χ4n) is 5.02. The summed E-state index contributed by atoms with van der Waals surface area (Å²) in [7, 11) is 1.88. The van der Waals surface area contributed by atoms with E-state index in [1.54, 1.807) is 24.5 Å². The van der Waals surface area contributed by atoms with Crippen LogP contribution in [-0.2, 0) is 25.2 Å². The number of fused-ring (bicyclic) bond motifs is 1. The Hall–Kier alpha value is -3.40. The molecule has 0 saturated heterocycles. The third kappa shape index (κ3) is 3.95. The molecule has 0 radical (unpaired) electrons. The minimum absolute atomic E-state index is 0.0508. The van der Waals surface area contributed by atoms with E-state index in [0.29, 0.717) is 17.9 Å². The second kappa shape index (κ2) is 8.67. The number of alkyl halides is 3. The molecule has 184 valence electrons. The van der Waals surface area contributed by atoms with Gasteiger partial charge in [-0.3, -0.25) is 9.36 Å². The highest BCUT2D eigenvalue weighted by molar-refractivity contribution is 5.84. The largest absolute Gasteiger partial charge is 0.418 e. The molecule has 0 bridgehead atoms. The zero-order chi connectivity index (χ0) is 24.8. The van der Waals surface area contributed by atoms with Crippen molar-refractivity contribution in [3.05, 3.63) is 75.9 Å². The van der Waals surface area contributed by atoms with Gasteiger partial charge in [-0.15, -0.1) is 10.2 Å². The summed E-state index contributed by atoms with van der Waals surface area (Å²) in [6.45, 7) is 3.09. The number of aromatic amines is 1. The summed E-state index contributed by atoms with van der Waals surface area (Å²) in [6.07, 6.45) is 1.56. The number of halogens is 3. The number of aromatic nitrogens is 5. The molecule has 5 rings (SSSR count). The molecule has 0 atom stereocenters. The Kier molecular flexibility index (Phi) is 5.79. The Balaban J connectivity index is 1.64. The topological polar surface area (TPSA) is 80.5 Å². The monoisotopic (exact) mass is 484 g/mol. The first kappa shape index (κ1) is 23.3. The minimum Gasteiger partial charge on any atom is -0.353 e. The molecule has 1 aromatic carbocycles. The van der Waals surface area contributed by atoms with Gasteiger partial charge in [0.1, 0.15) is 17.7 Å². The maximum absolute atomic E-state index is 14.1. The minimum atomic E-state index is -4.62. The molecule has 1 fully saturated rings. The van der Waals surface area contributed by atoms with Gasteiger partial charge in [-0.2, -0.15) is 13.2 Å². The quantitative estimate of drug-likeness (QED) is 0.380. The van der Waals surface area contributed by atoms with Crippen LogP contribution in [0.25, 0.3) is 16.6 Å². The van der Waals surface area contributed by atoms with E-state index in [1.807, 2.05) is 24.6 Å². The van der Waals surface area contributed by atoms with Crippen LogP contribution in [0.4, 0.5) is 13.2 Å². The van der Waals surface area contributed by atoms with Crippen LogP contribution in [-0.4, -0.2) is 30.9 Å². The highest BCUT2D eigenvalue weighted by Crippen LogP contribution is 2.48. The normalized spacial score (nSPS) is 15.5. The second-order valence-corrected chi connectivity index (χ2v) is 9.23. The molecule has 1 saturated carbocycles. The molecule has 35 heavy (non-hydrogen) atoms. The first-order chi connectivity index (χ1) is 16.7. The van der Waals surface area contributed by atoms with Crippen LogP contribution in [0.15, 0.2) is 47.7 Å². The predicted octanol–water partition coefficient (Wildman–Crippen LogP) is 4.44. The Morgan fingerprint density at radius 3 is 2.66 bits per heavy atom. The van der Waals surface area contributed by atoms with Crippen molar-refractivity contribution in [2.45, 2.75) is 50.7 Å². The zero-order valence-electron chi connectivity index (χ0n) is 19.6. The molecular weight excluding hydrogens is 457 g/mol. The molecule has 1 aliphatic rings. The summed E-state index contributed by atoms with van der Waals surface area (Å²) >= 11 is 0. The molecule has 0 aliphatic heterocycles. The standard InChI is InChI=1S/C25H27F3N6O/c1-3-10-29-13-17-12-19-20(25(26,27)28)14-34(22(35)21(19)31-17)18-7-4-6-16(11-18)24(8-5-9-24)23-32-30-15-33(23)2/h4,6-7,11-12,14-15,29,31H,3,5,8-10,13H2,1-2H3. The van der Waals surface area contributed by atoms with Crippen molar-refractivity contribution in [3.8, 4) is 5.69 Å². The van der Waals surface area contributed by atoms with Crippen molar-refractivity contribution in [1.82, 2.24) is 29.6 Å². The van der Waals surface area contributed by atoms with Gasteiger partial charge in [0.15, 0.2) is 0 Å². The summed E-state index contributed by atoms with van der Waals surface area (Å²) in [4.78, 5) is 16.3. The van der Waals surface area contributed by atoms with Crippen LogP contribution in [0.5, 0.6) is 0 Å². The predicted molar refractivity (Wildman–Crippen MR) is 127 cm³/mol. The van der Waals surface area contributed by atoms with Gasteiger partial charge in [-0.1, -0.05) is 25.5 Å². The number of pyridine rings is 1. The van der Waals surface area contributed by atoms with E-state index in [1.165, 1.54) is 6.07 Å². The summed E-state index contributed by atoms with van der Waals surface area (Å²) in [5.41, 5.74) is 0.0491.